The lowest BCUT2D eigenvalue weighted by atomic mass is 9.82. The second-order valence-corrected chi connectivity index (χ2v) is 12.3. The Kier molecular flexibility index (Phi) is 6.72. The minimum absolute atomic E-state index is 0.0305. The summed E-state index contributed by atoms with van der Waals surface area (Å²) in [6, 6.07) is 8.06. The van der Waals surface area contributed by atoms with Crippen molar-refractivity contribution in [3.8, 4) is 17.0 Å². The van der Waals surface area contributed by atoms with Crippen LogP contribution < -0.4 is 4.74 Å². The van der Waals surface area contributed by atoms with Crippen LogP contribution in [-0.4, -0.2) is 54.5 Å². The molecule has 0 amide bonds. The minimum Gasteiger partial charge on any atom is -0.487 e. The Morgan fingerprint density at radius 1 is 1.09 bits per heavy atom. The number of alkyl halides is 3. The Bertz CT molecular complexity index is 1120. The van der Waals surface area contributed by atoms with Crippen molar-refractivity contribution in [1.29, 1.82) is 0 Å². The summed E-state index contributed by atoms with van der Waals surface area (Å²) in [5.41, 5.74) is 2.99. The smallest absolute Gasteiger partial charge is 0.403 e. The lowest BCUT2D eigenvalue weighted by Crippen LogP contribution is -2.54. The molecule has 2 aliphatic rings. The van der Waals surface area contributed by atoms with E-state index < -0.39 is 32.9 Å². The number of aromatic nitrogens is 1. The Labute approximate surface area is 199 Å². The molecule has 1 spiro atoms. The fraction of sp³-hybridized carbons (Fsp3) is 0.560. The predicted octanol–water partition coefficient (Wildman–Crippen LogP) is 5.18. The van der Waals surface area contributed by atoms with E-state index in [1.165, 1.54) is 11.8 Å². The molecule has 0 aliphatic carbocycles. The maximum Gasteiger partial charge on any atom is 0.403 e. The van der Waals surface area contributed by atoms with Gasteiger partial charge in [-0.3, -0.25) is 9.88 Å². The molecule has 0 bridgehead atoms. The van der Waals surface area contributed by atoms with Gasteiger partial charge in [0.1, 0.15) is 17.4 Å². The maximum absolute atomic E-state index is 13.1. The van der Waals surface area contributed by atoms with Crippen molar-refractivity contribution in [2.45, 2.75) is 75.3 Å². The van der Waals surface area contributed by atoms with Crippen molar-refractivity contribution in [2.75, 3.05) is 13.1 Å². The van der Waals surface area contributed by atoms with Gasteiger partial charge in [-0.2, -0.15) is 13.2 Å². The second-order valence-electron chi connectivity index (χ2n) is 9.77. The molecule has 1 aromatic heterocycles. The van der Waals surface area contributed by atoms with Crippen LogP contribution >= 0.6 is 0 Å². The molecule has 1 fully saturated rings. The van der Waals surface area contributed by atoms with Crippen molar-refractivity contribution in [3.63, 3.8) is 0 Å². The number of rotatable bonds is 5. The molecule has 0 N–H and O–H groups in total. The lowest BCUT2D eigenvalue weighted by Gasteiger charge is -2.46. The van der Waals surface area contributed by atoms with E-state index in [0.717, 1.165) is 35.4 Å². The van der Waals surface area contributed by atoms with Crippen molar-refractivity contribution in [2.24, 2.45) is 0 Å². The summed E-state index contributed by atoms with van der Waals surface area (Å²) in [5.74, 6) is 0.754. The third kappa shape index (κ3) is 5.25. The van der Waals surface area contributed by atoms with Crippen molar-refractivity contribution < 1.29 is 26.3 Å². The van der Waals surface area contributed by atoms with Gasteiger partial charge < -0.3 is 4.74 Å². The zero-order valence-corrected chi connectivity index (χ0v) is 20.5. The Morgan fingerprint density at radius 2 is 1.79 bits per heavy atom. The largest absolute Gasteiger partial charge is 0.487 e. The maximum atomic E-state index is 13.1. The number of piperidine rings is 1. The standard InChI is InChI=1S/C25H31F3N2O3S/c1-17(2)34(31,32)16-19-4-6-22(29-15-19)20-5-7-23-21(14-20)8-9-24(33-23)10-12-30(13-11-24)18(3)25(26,27)28/h4-7,14-15,17-18H,8-13,16H2,1-3H3. The van der Waals surface area contributed by atoms with E-state index in [9.17, 15) is 21.6 Å². The molecule has 4 rings (SSSR count). The molecule has 0 radical (unpaired) electrons. The van der Waals surface area contributed by atoms with Crippen LogP contribution in [0.3, 0.4) is 0 Å². The van der Waals surface area contributed by atoms with Gasteiger partial charge in [-0.1, -0.05) is 6.07 Å². The molecule has 1 saturated heterocycles. The third-order valence-electron chi connectivity index (χ3n) is 7.17. The summed E-state index contributed by atoms with van der Waals surface area (Å²) in [4.78, 5) is 5.96. The third-order valence-corrected chi connectivity index (χ3v) is 9.35. The van der Waals surface area contributed by atoms with Crippen molar-refractivity contribution >= 4 is 9.84 Å². The molecule has 3 heterocycles. The van der Waals surface area contributed by atoms with Gasteiger partial charge in [0.15, 0.2) is 9.84 Å². The van der Waals surface area contributed by atoms with E-state index in [-0.39, 0.29) is 5.75 Å². The molecule has 1 unspecified atom stereocenters. The van der Waals surface area contributed by atoms with Gasteiger partial charge in [0.05, 0.1) is 16.7 Å². The lowest BCUT2D eigenvalue weighted by molar-refractivity contribution is -0.186. The van der Waals surface area contributed by atoms with Crippen LogP contribution in [0.25, 0.3) is 11.3 Å². The SMILES string of the molecule is CC(N1CCC2(CCc3cc(-c4ccc(CS(=O)(=O)C(C)C)cn4)ccc3O2)CC1)C(F)(F)F. The highest BCUT2D eigenvalue weighted by atomic mass is 32.2. The highest BCUT2D eigenvalue weighted by Gasteiger charge is 2.45. The topological polar surface area (TPSA) is 59.5 Å². The molecular weight excluding hydrogens is 465 g/mol. The highest BCUT2D eigenvalue weighted by Crippen LogP contribution is 2.41. The van der Waals surface area contributed by atoms with Crippen LogP contribution in [0, 0.1) is 0 Å². The molecule has 186 valence electrons. The van der Waals surface area contributed by atoms with Crippen LogP contribution in [0.1, 0.15) is 51.2 Å². The second kappa shape index (κ2) is 9.15. The van der Waals surface area contributed by atoms with Crippen LogP contribution in [-0.2, 0) is 22.0 Å². The molecule has 1 aromatic carbocycles. The van der Waals surface area contributed by atoms with E-state index in [0.29, 0.717) is 31.5 Å². The molecule has 0 saturated carbocycles. The van der Waals surface area contributed by atoms with E-state index in [4.69, 9.17) is 4.74 Å². The number of hydrogen-bond acceptors (Lipinski definition) is 5. The Hall–Kier alpha value is -2.13. The first-order valence-corrected chi connectivity index (χ1v) is 13.4. The number of ether oxygens (including phenoxy) is 1. The molecular formula is C25H31F3N2O3S. The van der Waals surface area contributed by atoms with E-state index in [1.54, 1.807) is 26.1 Å². The fourth-order valence-corrected chi connectivity index (χ4v) is 5.61. The number of nitrogens with zero attached hydrogens (tertiary/aromatic N) is 2. The number of fused-ring (bicyclic) bond motifs is 1. The summed E-state index contributed by atoms with van der Waals surface area (Å²) < 4.78 is 69.8. The van der Waals surface area contributed by atoms with E-state index in [2.05, 4.69) is 4.98 Å². The van der Waals surface area contributed by atoms with Gasteiger partial charge >= 0.3 is 6.18 Å². The number of halogens is 3. The Morgan fingerprint density at radius 3 is 2.38 bits per heavy atom. The van der Waals surface area contributed by atoms with Crippen LogP contribution in [0.15, 0.2) is 36.5 Å². The highest BCUT2D eigenvalue weighted by molar-refractivity contribution is 7.91. The molecule has 1 atom stereocenters. The predicted molar refractivity (Wildman–Crippen MR) is 125 cm³/mol. The van der Waals surface area contributed by atoms with Crippen LogP contribution in [0.5, 0.6) is 5.75 Å². The van der Waals surface area contributed by atoms with Crippen LogP contribution in [0.4, 0.5) is 13.2 Å². The van der Waals surface area contributed by atoms with Gasteiger partial charge in [0.2, 0.25) is 0 Å². The summed E-state index contributed by atoms with van der Waals surface area (Å²) in [6.07, 6.45) is 0.124. The molecule has 5 nitrogen and oxygen atoms in total. The number of aryl methyl sites for hydroxylation is 1. The number of pyridine rings is 1. The van der Waals surface area contributed by atoms with Crippen molar-refractivity contribution in [3.05, 3.63) is 47.7 Å². The van der Waals surface area contributed by atoms with E-state index >= 15 is 0 Å². The molecule has 2 aliphatic heterocycles. The van der Waals surface area contributed by atoms with Crippen LogP contribution in [0.2, 0.25) is 0 Å². The van der Waals surface area contributed by atoms with Crippen molar-refractivity contribution in [1.82, 2.24) is 9.88 Å². The molecule has 9 heteroatoms. The summed E-state index contributed by atoms with van der Waals surface area (Å²) >= 11 is 0. The average Bonchev–Trinajstić information content (AvgIpc) is 2.78. The zero-order chi connectivity index (χ0) is 24.7. The van der Waals surface area contributed by atoms with Gasteiger partial charge in [0, 0.05) is 24.8 Å². The summed E-state index contributed by atoms with van der Waals surface area (Å²) in [7, 11) is -3.19. The monoisotopic (exact) mass is 496 g/mol. The fourth-order valence-electron chi connectivity index (χ4n) is 4.64. The average molecular weight is 497 g/mol. The van der Waals surface area contributed by atoms with Gasteiger partial charge in [-0.25, -0.2) is 8.42 Å². The quantitative estimate of drug-likeness (QED) is 0.571. The first-order chi connectivity index (χ1) is 15.9. The van der Waals surface area contributed by atoms with Gasteiger partial charge in [-0.05, 0) is 81.8 Å². The zero-order valence-electron chi connectivity index (χ0n) is 19.7. The number of benzene rings is 1. The number of hydrogen-bond donors (Lipinski definition) is 0. The number of likely N-dealkylation sites (tertiary alicyclic amines) is 1. The first kappa shape index (κ1) is 25.0. The first-order valence-electron chi connectivity index (χ1n) is 11.7. The van der Waals surface area contributed by atoms with Gasteiger partial charge in [0.25, 0.3) is 0 Å². The Balaban J connectivity index is 1.43. The minimum atomic E-state index is -4.21. The van der Waals surface area contributed by atoms with Gasteiger partial charge in [-0.15, -0.1) is 0 Å². The van der Waals surface area contributed by atoms with E-state index in [1.807, 2.05) is 24.3 Å². The summed E-state index contributed by atoms with van der Waals surface area (Å²) in [6.45, 7) is 5.31. The molecule has 34 heavy (non-hydrogen) atoms. The number of sulfone groups is 1. The molecule has 2 aromatic rings. The summed E-state index contributed by atoms with van der Waals surface area (Å²) in [5, 5.41) is -0.434. The normalized spacial score (nSPS) is 19.6.